The third-order valence-electron chi connectivity index (χ3n) is 15.8. The number of aromatic nitrogens is 3. The molecule has 338 valence electrons. The van der Waals surface area contributed by atoms with Crippen molar-refractivity contribution >= 4 is 65.4 Å². The van der Waals surface area contributed by atoms with Gasteiger partial charge in [0.2, 0.25) is 0 Å². The Balaban J connectivity index is 0.875. The molecule has 3 aromatic heterocycles. The summed E-state index contributed by atoms with van der Waals surface area (Å²) >= 11 is 0. The predicted octanol–water partition coefficient (Wildman–Crippen LogP) is 18.3. The van der Waals surface area contributed by atoms with Crippen LogP contribution < -0.4 is 0 Å². The maximum absolute atomic E-state index is 2.51. The van der Waals surface area contributed by atoms with Gasteiger partial charge in [-0.2, -0.15) is 0 Å². The fourth-order valence-electron chi connectivity index (χ4n) is 12.4. The molecule has 0 saturated heterocycles. The van der Waals surface area contributed by atoms with Crippen molar-refractivity contribution in [2.24, 2.45) is 0 Å². The van der Waals surface area contributed by atoms with Crippen LogP contribution in [0.25, 0.3) is 127 Å². The molecule has 0 aliphatic heterocycles. The highest BCUT2D eigenvalue weighted by Gasteiger charge is 2.37. The lowest BCUT2D eigenvalue weighted by Gasteiger charge is -2.22. The smallest absolute Gasteiger partial charge is 0.0544 e. The highest BCUT2D eigenvalue weighted by molar-refractivity contribution is 6.15. The van der Waals surface area contributed by atoms with Crippen molar-refractivity contribution in [3.8, 4) is 61.6 Å². The Bertz CT molecular complexity index is 4390. The monoisotopic (exact) mass is 917 g/mol. The first-order valence-electron chi connectivity index (χ1n) is 25.1. The zero-order valence-electron chi connectivity index (χ0n) is 40.0. The Morgan fingerprint density at radius 3 is 1.03 bits per heavy atom. The van der Waals surface area contributed by atoms with Gasteiger partial charge in [-0.3, -0.25) is 0 Å². The first-order chi connectivity index (χ1) is 35.5. The van der Waals surface area contributed by atoms with E-state index in [0.717, 1.165) is 17.1 Å². The molecule has 0 unspecified atom stereocenters. The minimum Gasteiger partial charge on any atom is -0.309 e. The molecule has 1 aliphatic rings. The van der Waals surface area contributed by atoms with E-state index in [2.05, 4.69) is 276 Å². The summed E-state index contributed by atoms with van der Waals surface area (Å²) in [5.41, 5.74) is 23.0. The van der Waals surface area contributed by atoms with Crippen molar-refractivity contribution in [2.45, 2.75) is 19.3 Å². The van der Waals surface area contributed by atoms with Gasteiger partial charge in [0.15, 0.2) is 0 Å². The number of nitrogens with zero attached hydrogens (tertiary/aromatic N) is 3. The van der Waals surface area contributed by atoms with Crippen LogP contribution in [0, 0.1) is 0 Å². The highest BCUT2D eigenvalue weighted by atomic mass is 15.0. The van der Waals surface area contributed by atoms with Crippen molar-refractivity contribution in [3.63, 3.8) is 0 Å². The fraction of sp³-hybridized carbons (Fsp3) is 0.0435. The largest absolute Gasteiger partial charge is 0.309 e. The normalized spacial score (nSPS) is 13.0. The Labute approximate surface area is 417 Å². The summed E-state index contributed by atoms with van der Waals surface area (Å²) in [6, 6.07) is 92.1. The Hall–Kier alpha value is -9.18. The third kappa shape index (κ3) is 5.98. The van der Waals surface area contributed by atoms with E-state index in [0.29, 0.717) is 0 Å². The molecular weight excluding hydrogens is 871 g/mol. The molecule has 11 aromatic carbocycles. The van der Waals surface area contributed by atoms with Crippen molar-refractivity contribution in [1.82, 2.24) is 13.7 Å². The van der Waals surface area contributed by atoms with Crippen LogP contribution in [0.5, 0.6) is 0 Å². The van der Waals surface area contributed by atoms with Gasteiger partial charge in [-0.25, -0.2) is 0 Å². The summed E-state index contributed by atoms with van der Waals surface area (Å²) in [7, 11) is 0. The quantitative estimate of drug-likeness (QED) is 0.158. The Morgan fingerprint density at radius 2 is 0.583 bits per heavy atom. The van der Waals surface area contributed by atoms with Gasteiger partial charge in [0.1, 0.15) is 0 Å². The second kappa shape index (κ2) is 15.4. The summed E-state index contributed by atoms with van der Waals surface area (Å²) in [5.74, 6) is 0. The van der Waals surface area contributed by atoms with E-state index in [1.807, 2.05) is 0 Å². The zero-order chi connectivity index (χ0) is 47.7. The standard InChI is InChI=1S/C69H47N3/c1-69(2)61-42-67-59(55-26-11-15-30-65(55)71(67)51-34-32-50(33-35-51)70-63-28-13-9-24-53(63)54-25-10-14-29-64(54)70)40-57(61)58-41-60-56-27-12-16-31-66(56)72(68(60)43-62(58)69)52-23-17-22-46(39-52)49-37-47(44-18-5-3-6-19-44)36-48(38-49)45-20-7-4-8-21-45/h3-43H,1-2H3. The van der Waals surface area contributed by atoms with E-state index in [-0.39, 0.29) is 5.41 Å². The topological polar surface area (TPSA) is 14.8 Å². The van der Waals surface area contributed by atoms with Crippen molar-refractivity contribution in [3.05, 3.63) is 260 Å². The minimum absolute atomic E-state index is 0.260. The molecule has 15 rings (SSSR count). The maximum Gasteiger partial charge on any atom is 0.0544 e. The zero-order valence-corrected chi connectivity index (χ0v) is 40.0. The molecule has 0 atom stereocenters. The lowest BCUT2D eigenvalue weighted by atomic mass is 9.82. The van der Waals surface area contributed by atoms with Gasteiger partial charge >= 0.3 is 0 Å². The first kappa shape index (κ1) is 40.7. The van der Waals surface area contributed by atoms with Crippen LogP contribution in [0.15, 0.2) is 249 Å². The number of fused-ring (bicyclic) bond motifs is 12. The maximum atomic E-state index is 2.51. The molecule has 0 bridgehead atoms. The molecule has 0 spiro atoms. The van der Waals surface area contributed by atoms with Crippen molar-refractivity contribution in [1.29, 1.82) is 0 Å². The summed E-state index contributed by atoms with van der Waals surface area (Å²) in [6.45, 7) is 4.83. The van der Waals surface area contributed by atoms with E-state index >= 15 is 0 Å². The molecule has 0 amide bonds. The molecule has 3 nitrogen and oxygen atoms in total. The van der Waals surface area contributed by atoms with E-state index in [1.54, 1.807) is 0 Å². The van der Waals surface area contributed by atoms with Crippen LogP contribution in [-0.2, 0) is 5.41 Å². The van der Waals surface area contributed by atoms with E-state index < -0.39 is 0 Å². The van der Waals surface area contributed by atoms with Crippen LogP contribution in [0.3, 0.4) is 0 Å². The summed E-state index contributed by atoms with van der Waals surface area (Å²) in [5, 5.41) is 7.59. The van der Waals surface area contributed by atoms with E-state index in [4.69, 9.17) is 0 Å². The van der Waals surface area contributed by atoms with E-state index in [1.165, 1.54) is 121 Å². The first-order valence-corrected chi connectivity index (χ1v) is 25.1. The van der Waals surface area contributed by atoms with Gasteiger partial charge in [-0.15, -0.1) is 0 Å². The Morgan fingerprint density at radius 1 is 0.236 bits per heavy atom. The number of hydrogen-bond acceptors (Lipinski definition) is 0. The molecule has 3 heterocycles. The number of hydrogen-bond donors (Lipinski definition) is 0. The molecule has 0 N–H and O–H groups in total. The summed E-state index contributed by atoms with van der Waals surface area (Å²) in [6.07, 6.45) is 0. The van der Waals surface area contributed by atoms with Crippen LogP contribution in [0.4, 0.5) is 0 Å². The third-order valence-corrected chi connectivity index (χ3v) is 15.8. The van der Waals surface area contributed by atoms with E-state index in [9.17, 15) is 0 Å². The average Bonchev–Trinajstić information content (AvgIpc) is 4.13. The van der Waals surface area contributed by atoms with Gasteiger partial charge in [0.25, 0.3) is 0 Å². The molecule has 72 heavy (non-hydrogen) atoms. The van der Waals surface area contributed by atoms with Crippen LogP contribution in [0.2, 0.25) is 0 Å². The highest BCUT2D eigenvalue weighted by Crippen LogP contribution is 2.53. The second-order valence-corrected chi connectivity index (χ2v) is 20.1. The lowest BCUT2D eigenvalue weighted by Crippen LogP contribution is -2.15. The van der Waals surface area contributed by atoms with Gasteiger partial charge in [-0.1, -0.05) is 159 Å². The van der Waals surface area contributed by atoms with Gasteiger partial charge in [-0.05, 0) is 159 Å². The molecule has 1 aliphatic carbocycles. The molecular formula is C69H47N3. The predicted molar refractivity (Wildman–Crippen MR) is 303 cm³/mol. The van der Waals surface area contributed by atoms with Gasteiger partial charge < -0.3 is 13.7 Å². The average molecular weight is 918 g/mol. The summed E-state index contributed by atoms with van der Waals surface area (Å²) < 4.78 is 7.36. The number of benzene rings is 11. The second-order valence-electron chi connectivity index (χ2n) is 20.1. The van der Waals surface area contributed by atoms with Crippen LogP contribution in [-0.4, -0.2) is 13.7 Å². The summed E-state index contributed by atoms with van der Waals surface area (Å²) in [4.78, 5) is 0. The fourth-order valence-corrected chi connectivity index (χ4v) is 12.4. The molecule has 0 fully saturated rings. The van der Waals surface area contributed by atoms with Gasteiger partial charge in [0, 0.05) is 54.8 Å². The number of rotatable bonds is 6. The molecule has 14 aromatic rings. The van der Waals surface area contributed by atoms with Crippen molar-refractivity contribution in [2.75, 3.05) is 0 Å². The van der Waals surface area contributed by atoms with Crippen LogP contribution in [0.1, 0.15) is 25.0 Å². The molecule has 3 heteroatoms. The minimum atomic E-state index is -0.260. The molecule has 0 radical (unpaired) electrons. The number of para-hydroxylation sites is 4. The van der Waals surface area contributed by atoms with Gasteiger partial charge in [0.05, 0.1) is 33.1 Å². The lowest BCUT2D eigenvalue weighted by molar-refractivity contribution is 0.661. The van der Waals surface area contributed by atoms with Crippen LogP contribution >= 0.6 is 0 Å². The Kier molecular flexibility index (Phi) is 8.71. The molecule has 0 saturated carbocycles. The SMILES string of the molecule is CC1(C)c2cc3c(cc2-c2cc4c5ccccc5n(-c5cccc(-c6cc(-c7ccccc7)cc(-c7ccccc7)c6)c5)c4cc21)c1ccccc1n3-c1ccc(-n2c3ccccc3c3ccccc32)cc1. The van der Waals surface area contributed by atoms with Crippen molar-refractivity contribution < 1.29 is 0 Å².